The molecule has 1 aromatic rings. The molecular weight excluding hydrogens is 198 g/mol. The molecule has 0 aliphatic carbocycles. The van der Waals surface area contributed by atoms with Gasteiger partial charge in [-0.05, 0) is 0 Å². The van der Waals surface area contributed by atoms with Gasteiger partial charge in [-0.25, -0.2) is 4.79 Å². The fourth-order valence-corrected chi connectivity index (χ4v) is 0.892. The summed E-state index contributed by atoms with van der Waals surface area (Å²) >= 11 is 0. The Hall–Kier alpha value is -2.45. The minimum absolute atomic E-state index is 0.668. The van der Waals surface area contributed by atoms with Gasteiger partial charge in [-0.3, -0.25) is 20.2 Å². The zero-order chi connectivity index (χ0) is 10.9. The van der Waals surface area contributed by atoms with Crippen molar-refractivity contribution in [1.82, 2.24) is 4.98 Å². The van der Waals surface area contributed by atoms with Gasteiger partial charge in [0.05, 0.1) is 16.0 Å². The molecule has 1 rings (SSSR count). The summed E-state index contributed by atoms with van der Waals surface area (Å²) in [6.07, 6.45) is 0.668. The lowest BCUT2D eigenvalue weighted by Gasteiger charge is -1.89. The lowest BCUT2D eigenvalue weighted by atomic mass is 10.3. The third-order valence-electron chi connectivity index (χ3n) is 1.43. The molecule has 74 valence electrons. The van der Waals surface area contributed by atoms with Gasteiger partial charge in [0.15, 0.2) is 0 Å². The van der Waals surface area contributed by atoms with Crippen LogP contribution in [0, 0.1) is 20.2 Å². The van der Waals surface area contributed by atoms with Gasteiger partial charge < -0.3 is 10.1 Å². The summed E-state index contributed by atoms with van der Waals surface area (Å²) in [4.78, 5) is 30.8. The fraction of sp³-hybridized carbons (Fsp3) is 0. The normalized spacial score (nSPS) is 9.71. The predicted octanol–water partition coefficient (Wildman–Crippen LogP) is 0.529. The van der Waals surface area contributed by atoms with Crippen LogP contribution in [0.3, 0.4) is 0 Å². The van der Waals surface area contributed by atoms with Crippen molar-refractivity contribution in [3.05, 3.63) is 32.1 Å². The van der Waals surface area contributed by atoms with Gasteiger partial charge in [0.1, 0.15) is 0 Å². The van der Waals surface area contributed by atoms with Gasteiger partial charge in [0.2, 0.25) is 5.69 Å². The second kappa shape index (κ2) is 3.12. The highest BCUT2D eigenvalue weighted by Crippen LogP contribution is 2.29. The van der Waals surface area contributed by atoms with Gasteiger partial charge in [0.25, 0.3) is 0 Å². The molecule has 0 bridgehead atoms. The molecular formula is C5H3N3O6. The highest BCUT2D eigenvalue weighted by atomic mass is 16.6. The maximum Gasteiger partial charge on any atom is 0.378 e. The van der Waals surface area contributed by atoms with E-state index < -0.39 is 32.9 Å². The van der Waals surface area contributed by atoms with Crippen LogP contribution in [-0.4, -0.2) is 25.9 Å². The summed E-state index contributed by atoms with van der Waals surface area (Å²) in [5.74, 6) is -1.62. The minimum atomic E-state index is -1.62. The van der Waals surface area contributed by atoms with Crippen molar-refractivity contribution in [2.24, 2.45) is 0 Å². The second-order valence-electron chi connectivity index (χ2n) is 2.22. The van der Waals surface area contributed by atoms with Crippen LogP contribution in [0.4, 0.5) is 11.4 Å². The van der Waals surface area contributed by atoms with Gasteiger partial charge in [-0.2, -0.15) is 0 Å². The maximum atomic E-state index is 10.4. The number of aromatic carboxylic acids is 1. The molecule has 1 aromatic heterocycles. The van der Waals surface area contributed by atoms with Crippen LogP contribution in [0.25, 0.3) is 0 Å². The summed E-state index contributed by atoms with van der Waals surface area (Å²) in [5.41, 5.74) is -2.71. The van der Waals surface area contributed by atoms with Crippen LogP contribution in [0.5, 0.6) is 0 Å². The van der Waals surface area contributed by atoms with Gasteiger partial charge >= 0.3 is 17.3 Å². The average Bonchev–Trinajstić information content (AvgIpc) is 2.46. The summed E-state index contributed by atoms with van der Waals surface area (Å²) in [6, 6.07) is 0. The summed E-state index contributed by atoms with van der Waals surface area (Å²) < 4.78 is 0. The first-order valence-electron chi connectivity index (χ1n) is 3.18. The molecule has 9 heteroatoms. The quantitative estimate of drug-likeness (QED) is 0.539. The van der Waals surface area contributed by atoms with Crippen molar-refractivity contribution in [3.8, 4) is 0 Å². The Morgan fingerprint density at radius 2 is 1.93 bits per heavy atom. The van der Waals surface area contributed by atoms with E-state index in [9.17, 15) is 25.0 Å². The lowest BCUT2D eigenvalue weighted by Crippen LogP contribution is -2.02. The molecule has 0 saturated heterocycles. The molecule has 0 aliphatic rings. The zero-order valence-corrected chi connectivity index (χ0v) is 6.46. The predicted molar refractivity (Wildman–Crippen MR) is 41.1 cm³/mol. The smallest absolute Gasteiger partial charge is 0.378 e. The van der Waals surface area contributed by atoms with Gasteiger partial charge in [-0.15, -0.1) is 0 Å². The zero-order valence-electron chi connectivity index (χ0n) is 6.46. The molecule has 0 aliphatic heterocycles. The number of hydrogen-bond donors (Lipinski definition) is 2. The van der Waals surface area contributed by atoms with Crippen molar-refractivity contribution in [2.75, 3.05) is 0 Å². The highest BCUT2D eigenvalue weighted by Gasteiger charge is 2.34. The Labute approximate surface area is 75.3 Å². The number of H-pyrrole nitrogens is 1. The molecule has 0 fully saturated rings. The topological polar surface area (TPSA) is 139 Å². The van der Waals surface area contributed by atoms with Crippen molar-refractivity contribution in [2.45, 2.75) is 0 Å². The van der Waals surface area contributed by atoms with Crippen molar-refractivity contribution in [1.29, 1.82) is 0 Å². The van der Waals surface area contributed by atoms with E-state index in [1.54, 1.807) is 0 Å². The average molecular weight is 201 g/mol. The van der Waals surface area contributed by atoms with Gasteiger partial charge in [-0.1, -0.05) is 0 Å². The van der Waals surface area contributed by atoms with Crippen molar-refractivity contribution in [3.63, 3.8) is 0 Å². The Morgan fingerprint density at radius 3 is 2.29 bits per heavy atom. The van der Waals surface area contributed by atoms with E-state index in [4.69, 9.17) is 5.11 Å². The van der Waals surface area contributed by atoms with E-state index in [1.165, 1.54) is 0 Å². The third kappa shape index (κ3) is 1.37. The van der Waals surface area contributed by atoms with Crippen LogP contribution in [0.1, 0.15) is 10.5 Å². The van der Waals surface area contributed by atoms with E-state index in [0.29, 0.717) is 6.20 Å². The first kappa shape index (κ1) is 9.64. The Kier molecular flexibility index (Phi) is 2.15. The number of nitrogens with one attached hydrogen (secondary N) is 1. The number of hydrogen-bond acceptors (Lipinski definition) is 5. The summed E-state index contributed by atoms with van der Waals surface area (Å²) in [6.45, 7) is 0. The van der Waals surface area contributed by atoms with Crippen LogP contribution in [0.2, 0.25) is 0 Å². The van der Waals surface area contributed by atoms with Crippen LogP contribution in [-0.2, 0) is 0 Å². The number of carboxylic acids is 1. The standard InChI is InChI=1S/C5H3N3O6/c9-5(10)3-4(8(13)14)2(1-6-3)7(11)12/h1,6H,(H,9,10). The molecule has 0 unspecified atom stereocenters. The SMILES string of the molecule is O=C(O)c1[nH]cc([N+](=O)[O-])c1[N+](=O)[O-]. The lowest BCUT2D eigenvalue weighted by molar-refractivity contribution is -0.421. The maximum absolute atomic E-state index is 10.4. The number of carboxylic acid groups (broad SMARTS) is 1. The van der Waals surface area contributed by atoms with Gasteiger partial charge in [0, 0.05) is 0 Å². The van der Waals surface area contributed by atoms with Crippen molar-refractivity contribution >= 4 is 17.3 Å². The van der Waals surface area contributed by atoms with Crippen LogP contribution >= 0.6 is 0 Å². The van der Waals surface area contributed by atoms with E-state index in [1.807, 2.05) is 4.98 Å². The number of nitrogens with zero attached hydrogens (tertiary/aromatic N) is 2. The third-order valence-corrected chi connectivity index (χ3v) is 1.43. The molecule has 14 heavy (non-hydrogen) atoms. The summed E-state index contributed by atoms with van der Waals surface area (Å²) in [5, 5.41) is 29.0. The van der Waals surface area contributed by atoms with E-state index in [-0.39, 0.29) is 0 Å². The Balaban J connectivity index is 3.42. The minimum Gasteiger partial charge on any atom is -0.476 e. The Morgan fingerprint density at radius 1 is 1.36 bits per heavy atom. The second-order valence-corrected chi connectivity index (χ2v) is 2.22. The van der Waals surface area contributed by atoms with E-state index in [0.717, 1.165) is 0 Å². The summed E-state index contributed by atoms with van der Waals surface area (Å²) in [7, 11) is 0. The number of rotatable bonds is 3. The number of carbonyl (C=O) groups is 1. The Bertz CT molecular complexity index is 390. The molecule has 1 heterocycles. The molecule has 9 nitrogen and oxygen atoms in total. The molecule has 0 amide bonds. The first-order chi connectivity index (χ1) is 6.45. The molecule has 0 atom stereocenters. The highest BCUT2D eigenvalue weighted by molar-refractivity contribution is 5.92. The number of nitro groups is 2. The molecule has 0 spiro atoms. The molecule has 0 radical (unpaired) electrons. The fourth-order valence-electron chi connectivity index (χ4n) is 0.892. The van der Waals surface area contributed by atoms with Crippen molar-refractivity contribution < 1.29 is 19.7 Å². The molecule has 2 N–H and O–H groups in total. The molecule has 0 saturated carbocycles. The number of aromatic amines is 1. The first-order valence-corrected chi connectivity index (χ1v) is 3.18. The van der Waals surface area contributed by atoms with Crippen LogP contribution < -0.4 is 0 Å². The van der Waals surface area contributed by atoms with E-state index >= 15 is 0 Å². The largest absolute Gasteiger partial charge is 0.476 e. The van der Waals surface area contributed by atoms with Crippen LogP contribution in [0.15, 0.2) is 6.20 Å². The monoisotopic (exact) mass is 201 g/mol. The molecule has 0 aromatic carbocycles. The number of aromatic nitrogens is 1. The van der Waals surface area contributed by atoms with E-state index in [2.05, 4.69) is 0 Å².